The lowest BCUT2D eigenvalue weighted by Gasteiger charge is -2.40. The van der Waals surface area contributed by atoms with Crippen molar-refractivity contribution in [1.29, 1.82) is 0 Å². The Morgan fingerprint density at radius 1 is 1.02 bits per heavy atom. The van der Waals surface area contributed by atoms with Gasteiger partial charge in [-0.15, -0.1) is 0 Å². The molecule has 0 saturated heterocycles. The summed E-state index contributed by atoms with van der Waals surface area (Å²) in [6.45, 7) is 4.42. The number of hydrogen-bond acceptors (Lipinski definition) is 8. The monoisotopic (exact) mass is 693 g/mol. The number of rotatable bonds is 15. The SMILES string of the molecule is CC(C)(C)C(c1nc(-c2cc(F)ccc2F)cn1Cc1ccccc1)N(CC[C@H](N)C(=O)NCC(=O)NCCN1C(=O)C=CC1=O)C(=O)CO. The predicted molar refractivity (Wildman–Crippen MR) is 179 cm³/mol. The molecule has 50 heavy (non-hydrogen) atoms. The van der Waals surface area contributed by atoms with Crippen molar-refractivity contribution in [2.75, 3.05) is 32.8 Å². The third kappa shape index (κ3) is 9.45. The second kappa shape index (κ2) is 16.4. The minimum Gasteiger partial charge on any atom is -0.387 e. The summed E-state index contributed by atoms with van der Waals surface area (Å²) in [6.07, 6.45) is 3.79. The van der Waals surface area contributed by atoms with Gasteiger partial charge in [0.1, 0.15) is 24.1 Å². The number of aliphatic hydroxyl groups is 1. The second-order valence-corrected chi connectivity index (χ2v) is 12.9. The van der Waals surface area contributed by atoms with Gasteiger partial charge >= 0.3 is 0 Å². The van der Waals surface area contributed by atoms with Gasteiger partial charge in [-0.2, -0.15) is 0 Å². The number of carbonyl (C=O) groups excluding carboxylic acids is 5. The van der Waals surface area contributed by atoms with E-state index in [2.05, 4.69) is 10.6 Å². The van der Waals surface area contributed by atoms with Crippen molar-refractivity contribution in [3.8, 4) is 11.3 Å². The average molecular weight is 694 g/mol. The highest BCUT2D eigenvalue weighted by Crippen LogP contribution is 2.39. The third-order valence-corrected chi connectivity index (χ3v) is 8.04. The fourth-order valence-electron chi connectivity index (χ4n) is 5.59. The lowest BCUT2D eigenvalue weighted by molar-refractivity contribution is -0.140. The van der Waals surface area contributed by atoms with Gasteiger partial charge in [0.15, 0.2) is 0 Å². The van der Waals surface area contributed by atoms with Crippen molar-refractivity contribution >= 4 is 29.5 Å². The summed E-state index contributed by atoms with van der Waals surface area (Å²) in [6, 6.07) is 10.4. The summed E-state index contributed by atoms with van der Waals surface area (Å²) in [4.78, 5) is 68.8. The molecule has 0 saturated carbocycles. The molecule has 15 heteroatoms. The maximum absolute atomic E-state index is 14.9. The smallest absolute Gasteiger partial charge is 0.253 e. The molecular weight excluding hydrogens is 652 g/mol. The van der Waals surface area contributed by atoms with Crippen LogP contribution < -0.4 is 16.4 Å². The topological polar surface area (TPSA) is 180 Å². The van der Waals surface area contributed by atoms with E-state index in [1.54, 1.807) is 10.8 Å². The Morgan fingerprint density at radius 2 is 1.70 bits per heavy atom. The number of nitrogens with one attached hydrogen (secondary N) is 2. The van der Waals surface area contributed by atoms with E-state index >= 15 is 0 Å². The Kier molecular flexibility index (Phi) is 12.3. The van der Waals surface area contributed by atoms with Crippen molar-refractivity contribution in [1.82, 2.24) is 30.0 Å². The third-order valence-electron chi connectivity index (χ3n) is 8.04. The molecular formula is C35H41F2N7O6. The number of aliphatic hydroxyl groups excluding tert-OH is 1. The molecule has 0 bridgehead atoms. The van der Waals surface area contributed by atoms with E-state index in [1.807, 2.05) is 51.1 Å². The molecule has 2 heterocycles. The molecule has 0 fully saturated rings. The van der Waals surface area contributed by atoms with Crippen LogP contribution in [0.25, 0.3) is 11.3 Å². The van der Waals surface area contributed by atoms with Gasteiger partial charge in [-0.25, -0.2) is 13.8 Å². The first-order chi connectivity index (χ1) is 23.7. The van der Waals surface area contributed by atoms with Gasteiger partial charge in [0.2, 0.25) is 17.7 Å². The first-order valence-corrected chi connectivity index (χ1v) is 16.0. The fourth-order valence-corrected chi connectivity index (χ4v) is 5.59. The Balaban J connectivity index is 1.51. The van der Waals surface area contributed by atoms with Crippen LogP contribution in [0.3, 0.4) is 0 Å². The van der Waals surface area contributed by atoms with E-state index in [9.17, 15) is 37.9 Å². The number of aromatic nitrogens is 2. The molecule has 5 N–H and O–H groups in total. The van der Waals surface area contributed by atoms with E-state index in [-0.39, 0.29) is 43.9 Å². The highest BCUT2D eigenvalue weighted by atomic mass is 19.1. The maximum atomic E-state index is 14.9. The standard InChI is InChI=1S/C35H41F2N7O6/c1-35(2,3)32(33-41-27(24-17-23(36)9-10-25(24)37)20-42(33)19-22-7-5-4-6-8-22)44(31(49)21-45)15-13-26(38)34(50)40-18-28(46)39-14-16-43-29(47)11-12-30(43)48/h4-12,17,20,26,32,45H,13-16,18-19,21,38H2,1-3H3,(H,39,46)(H,40,50)/t26-,32?/m0/s1. The van der Waals surface area contributed by atoms with Gasteiger partial charge in [0.25, 0.3) is 11.8 Å². The zero-order chi connectivity index (χ0) is 36.6. The summed E-state index contributed by atoms with van der Waals surface area (Å²) in [7, 11) is 0. The normalized spacial score (nSPS) is 14.1. The van der Waals surface area contributed by atoms with Gasteiger partial charge in [0.05, 0.1) is 24.3 Å². The quantitative estimate of drug-likeness (QED) is 0.174. The van der Waals surface area contributed by atoms with Crippen LogP contribution in [0.4, 0.5) is 8.78 Å². The van der Waals surface area contributed by atoms with Crippen molar-refractivity contribution in [3.63, 3.8) is 0 Å². The first-order valence-electron chi connectivity index (χ1n) is 16.0. The fraction of sp³-hybridized carbons (Fsp3) is 0.371. The van der Waals surface area contributed by atoms with Crippen LogP contribution in [0.5, 0.6) is 0 Å². The molecule has 266 valence electrons. The van der Waals surface area contributed by atoms with Gasteiger partial charge in [-0.1, -0.05) is 51.1 Å². The highest BCUT2D eigenvalue weighted by Gasteiger charge is 2.38. The van der Waals surface area contributed by atoms with Crippen LogP contribution in [0.1, 0.15) is 44.6 Å². The minimum absolute atomic E-state index is 0.0139. The molecule has 4 rings (SSSR count). The number of carbonyl (C=O) groups is 5. The average Bonchev–Trinajstić information content (AvgIpc) is 3.63. The molecule has 0 aliphatic carbocycles. The Bertz CT molecular complexity index is 1740. The zero-order valence-corrected chi connectivity index (χ0v) is 28.1. The minimum atomic E-state index is -1.16. The Hall–Kier alpha value is -5.28. The second-order valence-electron chi connectivity index (χ2n) is 12.9. The summed E-state index contributed by atoms with van der Waals surface area (Å²) >= 11 is 0. The van der Waals surface area contributed by atoms with E-state index in [1.165, 1.54) is 4.90 Å². The van der Waals surface area contributed by atoms with Crippen molar-refractivity contribution in [3.05, 3.63) is 89.9 Å². The van der Waals surface area contributed by atoms with Crippen molar-refractivity contribution in [2.45, 2.75) is 45.8 Å². The summed E-state index contributed by atoms with van der Waals surface area (Å²) in [5.41, 5.74) is 6.39. The number of nitrogens with two attached hydrogens (primary N) is 1. The van der Waals surface area contributed by atoms with E-state index < -0.39 is 71.8 Å². The molecule has 13 nitrogen and oxygen atoms in total. The number of imide groups is 1. The molecule has 0 spiro atoms. The Morgan fingerprint density at radius 3 is 2.34 bits per heavy atom. The number of halogens is 2. The molecule has 2 atom stereocenters. The number of imidazole rings is 1. The van der Waals surface area contributed by atoms with Crippen LogP contribution in [0.2, 0.25) is 0 Å². The zero-order valence-electron chi connectivity index (χ0n) is 28.1. The van der Waals surface area contributed by atoms with Crippen LogP contribution in [-0.2, 0) is 30.5 Å². The van der Waals surface area contributed by atoms with Gasteiger partial charge in [-0.05, 0) is 35.6 Å². The van der Waals surface area contributed by atoms with Crippen molar-refractivity contribution in [2.24, 2.45) is 11.1 Å². The molecule has 1 aliphatic heterocycles. The number of hydrogen-bond donors (Lipinski definition) is 4. The van der Waals surface area contributed by atoms with Crippen LogP contribution >= 0.6 is 0 Å². The molecule has 1 aromatic heterocycles. The van der Waals surface area contributed by atoms with Crippen LogP contribution in [0.15, 0.2) is 66.9 Å². The van der Waals surface area contributed by atoms with Gasteiger partial charge in [0, 0.05) is 50.1 Å². The largest absolute Gasteiger partial charge is 0.387 e. The van der Waals surface area contributed by atoms with Gasteiger partial charge < -0.3 is 30.9 Å². The molecule has 1 unspecified atom stereocenters. The number of amides is 5. The number of nitrogens with zero attached hydrogens (tertiary/aromatic N) is 4. The maximum Gasteiger partial charge on any atom is 0.253 e. The molecule has 3 aromatic rings. The summed E-state index contributed by atoms with van der Waals surface area (Å²) < 4.78 is 30.9. The summed E-state index contributed by atoms with van der Waals surface area (Å²) in [5, 5.41) is 14.9. The molecule has 1 aliphatic rings. The van der Waals surface area contributed by atoms with Crippen molar-refractivity contribution < 1.29 is 37.9 Å². The summed E-state index contributed by atoms with van der Waals surface area (Å²) in [5.74, 6) is -3.87. The number of benzene rings is 2. The molecule has 5 amide bonds. The van der Waals surface area contributed by atoms with Crippen LogP contribution in [0, 0.1) is 17.0 Å². The first kappa shape index (κ1) is 37.5. The lowest BCUT2D eigenvalue weighted by Crippen LogP contribution is -2.49. The van der Waals surface area contributed by atoms with E-state index in [0.717, 1.165) is 40.8 Å². The predicted octanol–water partition coefficient (Wildman–Crippen LogP) is 1.66. The molecule has 0 radical (unpaired) electrons. The van der Waals surface area contributed by atoms with Gasteiger partial charge in [-0.3, -0.25) is 28.9 Å². The van der Waals surface area contributed by atoms with E-state index in [4.69, 9.17) is 10.7 Å². The molecule has 2 aromatic carbocycles. The highest BCUT2D eigenvalue weighted by molar-refractivity contribution is 6.12. The van der Waals surface area contributed by atoms with Crippen LogP contribution in [-0.4, -0.2) is 92.8 Å². The Labute approximate surface area is 288 Å². The lowest BCUT2D eigenvalue weighted by atomic mass is 9.84. The van der Waals surface area contributed by atoms with E-state index in [0.29, 0.717) is 5.82 Å².